The van der Waals surface area contributed by atoms with Gasteiger partial charge in [0.25, 0.3) is 0 Å². The zero-order chi connectivity index (χ0) is 52.8. The fraction of sp³-hybridized carbons (Fsp3) is 0.907. The number of carbonyl (C=O) groups excluding carboxylic acids is 3. The van der Waals surface area contributed by atoms with Crippen molar-refractivity contribution in [3.05, 3.63) is 0 Å². The number of rotatable bonds is 29. The molecule has 2 aliphatic heterocycles. The second kappa shape index (κ2) is 28.4. The molecule has 2 saturated carbocycles. The van der Waals surface area contributed by atoms with Gasteiger partial charge in [0.1, 0.15) is 54.6 Å². The van der Waals surface area contributed by atoms with Gasteiger partial charge < -0.3 is 69.1 Å². The molecule has 2 saturated heterocycles. The number of ether oxygens (including phenoxy) is 7. The van der Waals surface area contributed by atoms with Crippen molar-refractivity contribution in [3.8, 4) is 0 Å². The van der Waals surface area contributed by atoms with Gasteiger partial charge >= 0.3 is 26.8 Å². The lowest BCUT2D eigenvalue weighted by Gasteiger charge is -2.49. The number of carboxylic acid groups (broad SMARTS) is 1. The summed E-state index contributed by atoms with van der Waals surface area (Å²) >= 11 is 0. The van der Waals surface area contributed by atoms with E-state index >= 15 is 0 Å². The summed E-state index contributed by atoms with van der Waals surface area (Å²) in [7, 11) is -9.48. The predicted molar refractivity (Wildman–Crippen MR) is 239 cm³/mol. The van der Waals surface area contributed by atoms with Crippen LogP contribution in [-0.2, 0) is 81.5 Å². The van der Waals surface area contributed by atoms with E-state index in [-0.39, 0.29) is 63.4 Å². The third kappa shape index (κ3) is 18.7. The molecular weight excluding hydrogens is 995 g/mol. The van der Waals surface area contributed by atoms with Crippen molar-refractivity contribution in [2.45, 2.75) is 196 Å². The van der Waals surface area contributed by atoms with E-state index in [1.165, 1.54) is 13.8 Å². The van der Waals surface area contributed by atoms with Crippen molar-refractivity contribution < 1.29 is 117 Å². The Kier molecular flexibility index (Phi) is 24.5. The quantitative estimate of drug-likeness (QED) is 0.0325. The highest BCUT2D eigenvalue weighted by Crippen LogP contribution is 2.40. The van der Waals surface area contributed by atoms with E-state index in [0.717, 1.165) is 39.2 Å². The molecule has 71 heavy (non-hydrogen) atoms. The lowest BCUT2D eigenvalue weighted by molar-refractivity contribution is -0.338. The zero-order valence-electron chi connectivity index (χ0n) is 40.2. The van der Waals surface area contributed by atoms with Gasteiger partial charge in [-0.25, -0.2) is 13.2 Å². The summed E-state index contributed by atoms with van der Waals surface area (Å²) in [6.07, 6.45) is -16.5. The van der Waals surface area contributed by atoms with Crippen LogP contribution < -0.4 is 5.32 Å². The molecule has 6 unspecified atom stereocenters. The van der Waals surface area contributed by atoms with Gasteiger partial charge in [-0.05, 0) is 50.9 Å². The van der Waals surface area contributed by atoms with Crippen molar-refractivity contribution in [2.75, 3.05) is 33.5 Å². The summed E-state index contributed by atoms with van der Waals surface area (Å²) in [6.45, 7) is 2.83. The Morgan fingerprint density at radius 3 is 2.03 bits per heavy atom. The topological polar surface area (TPSA) is 394 Å². The minimum absolute atomic E-state index is 0.000558. The Bertz CT molecular complexity index is 1920. The normalized spacial score (nSPS) is 33.5. The number of ketones is 2. The maximum absolute atomic E-state index is 14.0. The van der Waals surface area contributed by atoms with E-state index in [1.807, 2.05) is 6.92 Å². The molecule has 2 heterocycles. The van der Waals surface area contributed by atoms with E-state index in [1.54, 1.807) is 0 Å². The molecule has 17 atom stereocenters. The molecule has 28 heteroatoms. The number of hydrogen-bond acceptors (Lipinski definition) is 22. The van der Waals surface area contributed by atoms with Crippen molar-refractivity contribution in [3.63, 3.8) is 0 Å². The number of Topliss-reactive ketones (excluding diaryl/α,β-unsaturated/α-hetero) is 2. The van der Waals surface area contributed by atoms with Gasteiger partial charge in [0.2, 0.25) is 5.91 Å². The minimum Gasteiger partial charge on any atom is -0.479 e. The molecule has 0 spiro atoms. The number of aliphatic hydroxyl groups excluding tert-OH is 5. The summed E-state index contributed by atoms with van der Waals surface area (Å²) in [4.78, 5) is 52.3. The van der Waals surface area contributed by atoms with Crippen LogP contribution in [0.5, 0.6) is 0 Å². The third-order valence-corrected chi connectivity index (χ3v) is 14.2. The smallest absolute Gasteiger partial charge is 0.398 e. The molecule has 2 aliphatic carbocycles. The summed E-state index contributed by atoms with van der Waals surface area (Å²) in [5.41, 5.74) is 0. The standard InChI is InChI=1S/C43H73NO25S2/c1-5-25-18-26(27(47)13-9-15-62-16-10-14-28(48)39(69-71(58,59)60)32(21-61-4)68-70(55,56)57)19-29(38(25)67-43-37(52)36(51)34(49)22(2)63-43)65-42-33(44-23(3)46)40(35(50)31(20-45)66-42)64-30(41(53)54)17-24-11-7-6-8-12-24/h22,24-26,29-40,42-43,45,49-52H,5-21H2,1-4H3,(H,44,46)(H,53,54)(H,55,56,57)(H,58,59,60)/t22?,25?,26?,29-,30+,31+,32+,33?,34-,35+,36+,37?,38-,39+,40?,42-,43+/m1/s1. The van der Waals surface area contributed by atoms with Crippen LogP contribution in [0, 0.1) is 17.8 Å². The number of carbonyl (C=O) groups is 4. The second-order valence-corrected chi connectivity index (χ2v) is 20.7. The maximum Gasteiger partial charge on any atom is 0.398 e. The fourth-order valence-corrected chi connectivity index (χ4v) is 10.7. The molecule has 0 bridgehead atoms. The van der Waals surface area contributed by atoms with Crippen molar-refractivity contribution >= 4 is 44.2 Å². The lowest BCUT2D eigenvalue weighted by atomic mass is 9.74. The molecule has 4 fully saturated rings. The Labute approximate surface area is 413 Å². The lowest BCUT2D eigenvalue weighted by Crippen LogP contribution is -2.67. The largest absolute Gasteiger partial charge is 0.479 e. The summed E-state index contributed by atoms with van der Waals surface area (Å²) in [5.74, 6) is -4.39. The molecule has 0 aromatic heterocycles. The van der Waals surface area contributed by atoms with Crippen molar-refractivity contribution in [1.82, 2.24) is 5.32 Å². The van der Waals surface area contributed by atoms with Crippen LogP contribution in [0.4, 0.5) is 0 Å². The predicted octanol–water partition coefficient (Wildman–Crippen LogP) is -0.850. The summed E-state index contributed by atoms with van der Waals surface area (Å²) in [6, 6.07) is -1.38. The maximum atomic E-state index is 14.0. The SMILES string of the molecule is CCC1CC(C(=O)CCCOCCCC(=O)[C@H](OS(=O)(=O)O)[C@H](COC)OS(=O)(=O)O)C[C@@H](O[C@@H]2O[C@@H](CO)[C@H](O)C(O[C@@H](CC3CCCCC3)C(=O)O)C2NC(C)=O)[C@@H]1O[C@@H]1OC(C)[C@@H](O)[C@H](O)C1O. The first kappa shape index (κ1) is 61.1. The molecule has 26 nitrogen and oxygen atoms in total. The number of hydrogen-bond donors (Lipinski definition) is 9. The van der Waals surface area contributed by atoms with Crippen LogP contribution in [0.25, 0.3) is 0 Å². The Morgan fingerprint density at radius 2 is 1.45 bits per heavy atom. The van der Waals surface area contributed by atoms with Gasteiger partial charge in [-0.1, -0.05) is 45.4 Å². The fourth-order valence-electron chi connectivity index (χ4n) is 9.71. The molecule has 412 valence electrons. The number of methoxy groups -OCH3 is 1. The molecule has 4 rings (SSSR count). The Balaban J connectivity index is 1.51. The monoisotopic (exact) mass is 1070 g/mol. The first-order valence-corrected chi connectivity index (χ1v) is 26.6. The van der Waals surface area contributed by atoms with E-state index in [4.69, 9.17) is 37.7 Å². The second-order valence-electron chi connectivity index (χ2n) is 18.6. The van der Waals surface area contributed by atoms with Crippen LogP contribution in [0.2, 0.25) is 0 Å². The Morgan fingerprint density at radius 1 is 0.803 bits per heavy atom. The molecule has 4 aliphatic rings. The third-order valence-electron chi connectivity index (χ3n) is 13.3. The number of aliphatic hydroxyl groups is 5. The molecule has 1 amide bonds. The number of amides is 1. The van der Waals surface area contributed by atoms with E-state index in [9.17, 15) is 71.2 Å². The number of nitrogens with one attached hydrogen (secondary N) is 1. The van der Waals surface area contributed by atoms with Gasteiger partial charge in [-0.15, -0.1) is 0 Å². The van der Waals surface area contributed by atoms with Crippen LogP contribution in [0.3, 0.4) is 0 Å². The van der Waals surface area contributed by atoms with E-state index < -0.39 is 162 Å². The zero-order valence-corrected chi connectivity index (χ0v) is 41.9. The van der Waals surface area contributed by atoms with Gasteiger partial charge in [0, 0.05) is 46.0 Å². The molecule has 0 aromatic carbocycles. The minimum atomic E-state index is -5.31. The van der Waals surface area contributed by atoms with Crippen LogP contribution >= 0.6 is 0 Å². The van der Waals surface area contributed by atoms with Crippen molar-refractivity contribution in [1.29, 1.82) is 0 Å². The average Bonchev–Trinajstić information content (AvgIpc) is 3.29. The van der Waals surface area contributed by atoms with Crippen LogP contribution in [0.1, 0.15) is 104 Å². The highest BCUT2D eigenvalue weighted by atomic mass is 32.3. The van der Waals surface area contributed by atoms with Gasteiger partial charge in [0.05, 0.1) is 31.5 Å². The van der Waals surface area contributed by atoms with Gasteiger partial charge in [-0.2, -0.15) is 16.8 Å². The van der Waals surface area contributed by atoms with E-state index in [2.05, 4.69) is 13.7 Å². The highest BCUT2D eigenvalue weighted by molar-refractivity contribution is 7.81. The van der Waals surface area contributed by atoms with E-state index in [0.29, 0.717) is 6.42 Å². The molecule has 0 radical (unpaired) electrons. The van der Waals surface area contributed by atoms with Crippen LogP contribution in [-0.4, -0.2) is 205 Å². The van der Waals surface area contributed by atoms with Crippen LogP contribution in [0.15, 0.2) is 0 Å². The summed E-state index contributed by atoms with van der Waals surface area (Å²) in [5, 5.41) is 66.8. The first-order chi connectivity index (χ1) is 33.4. The van der Waals surface area contributed by atoms with Gasteiger partial charge in [-0.3, -0.25) is 23.5 Å². The van der Waals surface area contributed by atoms with Gasteiger partial charge in [0.15, 0.2) is 30.6 Å². The van der Waals surface area contributed by atoms with Crippen molar-refractivity contribution in [2.24, 2.45) is 17.8 Å². The first-order valence-electron chi connectivity index (χ1n) is 23.9. The molecule has 9 N–H and O–H groups in total. The Hall–Kier alpha value is -2.46. The summed E-state index contributed by atoms with van der Waals surface area (Å²) < 4.78 is 114. The number of aliphatic carboxylic acids is 1. The average molecular weight is 1070 g/mol. The molecular formula is C43H73NO25S2. The molecule has 0 aromatic rings. The number of carboxylic acids is 1. The highest BCUT2D eigenvalue weighted by Gasteiger charge is 2.53.